The van der Waals surface area contributed by atoms with Crippen LogP contribution in [0.15, 0.2) is 83.8 Å². The third-order valence-corrected chi connectivity index (χ3v) is 6.58. The van der Waals surface area contributed by atoms with Crippen LogP contribution in [0.5, 0.6) is 5.75 Å². The lowest BCUT2D eigenvalue weighted by molar-refractivity contribution is -0.118. The number of benzene rings is 3. The van der Waals surface area contributed by atoms with Crippen LogP contribution in [0.25, 0.3) is 0 Å². The molecule has 0 saturated heterocycles. The average molecular weight is 505 g/mol. The van der Waals surface area contributed by atoms with Gasteiger partial charge >= 0.3 is 0 Å². The number of anilines is 2. The van der Waals surface area contributed by atoms with Crippen LogP contribution < -0.4 is 15.4 Å². The Bertz CT molecular complexity index is 1110. The van der Waals surface area contributed by atoms with Gasteiger partial charge in [-0.05, 0) is 65.9 Å². The molecule has 0 aliphatic rings. The van der Waals surface area contributed by atoms with Gasteiger partial charge in [0.05, 0.1) is 6.61 Å². The van der Waals surface area contributed by atoms with Crippen LogP contribution in [-0.4, -0.2) is 18.4 Å². The fourth-order valence-electron chi connectivity index (χ4n) is 3.52. The summed E-state index contributed by atoms with van der Waals surface area (Å²) >= 11 is 1.47. The highest BCUT2D eigenvalue weighted by Crippen LogP contribution is 2.37. The van der Waals surface area contributed by atoms with E-state index in [2.05, 4.69) is 17.6 Å². The van der Waals surface area contributed by atoms with Crippen molar-refractivity contribution in [1.82, 2.24) is 0 Å². The Labute approximate surface area is 219 Å². The molecular formula is C30H36N2O3S. The van der Waals surface area contributed by atoms with E-state index >= 15 is 0 Å². The van der Waals surface area contributed by atoms with Crippen molar-refractivity contribution in [3.05, 3.63) is 84.4 Å². The molecule has 2 N–H and O–H groups in total. The monoisotopic (exact) mass is 504 g/mol. The second-order valence-electron chi connectivity index (χ2n) is 9.93. The van der Waals surface area contributed by atoms with E-state index in [-0.39, 0.29) is 17.2 Å². The first-order valence-electron chi connectivity index (χ1n) is 12.4. The smallest absolute Gasteiger partial charge is 0.242 e. The highest BCUT2D eigenvalue weighted by Gasteiger charge is 2.22. The molecular weight excluding hydrogens is 468 g/mol. The summed E-state index contributed by atoms with van der Waals surface area (Å²) in [7, 11) is 0. The zero-order valence-electron chi connectivity index (χ0n) is 21.5. The van der Waals surface area contributed by atoms with Gasteiger partial charge in [0.2, 0.25) is 11.8 Å². The number of hydrogen-bond donors (Lipinski definition) is 2. The van der Waals surface area contributed by atoms with Crippen LogP contribution in [0.4, 0.5) is 11.4 Å². The van der Waals surface area contributed by atoms with Gasteiger partial charge in [0.1, 0.15) is 11.0 Å². The molecule has 1 unspecified atom stereocenters. The van der Waals surface area contributed by atoms with Crippen molar-refractivity contribution in [2.24, 2.45) is 5.41 Å². The molecule has 2 amide bonds. The van der Waals surface area contributed by atoms with Gasteiger partial charge in [0.15, 0.2) is 0 Å². The fourth-order valence-corrected chi connectivity index (χ4v) is 4.54. The Morgan fingerprint density at radius 2 is 1.47 bits per heavy atom. The normalized spacial score (nSPS) is 12.0. The maximum absolute atomic E-state index is 13.3. The minimum absolute atomic E-state index is 0.00812. The van der Waals surface area contributed by atoms with E-state index in [1.54, 1.807) is 0 Å². The van der Waals surface area contributed by atoms with E-state index in [4.69, 9.17) is 4.74 Å². The highest BCUT2D eigenvalue weighted by atomic mass is 32.2. The molecule has 0 spiro atoms. The number of hydrogen-bond acceptors (Lipinski definition) is 4. The molecule has 0 saturated carbocycles. The van der Waals surface area contributed by atoms with Crippen molar-refractivity contribution in [3.63, 3.8) is 0 Å². The van der Waals surface area contributed by atoms with Crippen molar-refractivity contribution in [2.45, 2.75) is 57.1 Å². The minimum atomic E-state index is -0.437. The number of rotatable bonds is 11. The lowest BCUT2D eigenvalue weighted by atomic mass is 9.92. The largest absolute Gasteiger partial charge is 0.494 e. The topological polar surface area (TPSA) is 67.4 Å². The Morgan fingerprint density at radius 1 is 0.861 bits per heavy atom. The van der Waals surface area contributed by atoms with Gasteiger partial charge in [0.25, 0.3) is 0 Å². The molecule has 0 heterocycles. The van der Waals surface area contributed by atoms with Gasteiger partial charge in [-0.25, -0.2) is 0 Å². The van der Waals surface area contributed by atoms with Crippen LogP contribution in [-0.2, 0) is 9.59 Å². The third kappa shape index (κ3) is 9.08. The van der Waals surface area contributed by atoms with Crippen LogP contribution in [0.1, 0.15) is 57.8 Å². The maximum atomic E-state index is 13.3. The SMILES string of the molecule is CCCCOc1ccc(NC(=O)C(Sc2ccc(NC(=O)CC(C)(C)C)cc2)c2ccccc2)cc1. The molecule has 3 rings (SSSR count). The molecule has 190 valence electrons. The average Bonchev–Trinajstić information content (AvgIpc) is 2.84. The first kappa shape index (κ1) is 27.3. The number of carbonyl (C=O) groups excluding carboxylic acids is 2. The van der Waals surface area contributed by atoms with Crippen LogP contribution in [0, 0.1) is 5.41 Å². The van der Waals surface area contributed by atoms with E-state index < -0.39 is 5.25 Å². The van der Waals surface area contributed by atoms with Crippen LogP contribution in [0.2, 0.25) is 0 Å². The second kappa shape index (κ2) is 13.2. The summed E-state index contributed by atoms with van der Waals surface area (Å²) < 4.78 is 5.72. The van der Waals surface area contributed by atoms with E-state index in [0.717, 1.165) is 40.4 Å². The Hall–Kier alpha value is -3.25. The summed E-state index contributed by atoms with van der Waals surface area (Å²) in [5.41, 5.74) is 2.32. The summed E-state index contributed by atoms with van der Waals surface area (Å²) in [5, 5.41) is 5.55. The van der Waals surface area contributed by atoms with Crippen LogP contribution in [0.3, 0.4) is 0 Å². The fraction of sp³-hybridized carbons (Fsp3) is 0.333. The second-order valence-corrected chi connectivity index (χ2v) is 11.1. The predicted molar refractivity (Wildman–Crippen MR) is 150 cm³/mol. The molecule has 0 aromatic heterocycles. The van der Waals surface area contributed by atoms with Crippen molar-refractivity contribution in [2.75, 3.05) is 17.2 Å². The Kier molecular flexibility index (Phi) is 10.00. The van der Waals surface area contributed by atoms with Gasteiger partial charge in [-0.2, -0.15) is 0 Å². The standard InChI is InChI=1S/C30H36N2O3S/c1-5-6-20-35-25-16-12-24(13-17-25)32-29(34)28(22-10-8-7-9-11-22)36-26-18-14-23(15-19-26)31-27(33)21-30(2,3)4/h7-19,28H,5-6,20-21H2,1-4H3,(H,31,33)(H,32,34). The number of carbonyl (C=O) groups is 2. The molecule has 6 heteroatoms. The molecule has 0 bridgehead atoms. The summed E-state index contributed by atoms with van der Waals surface area (Å²) in [6, 6.07) is 24.8. The van der Waals surface area contributed by atoms with Crippen molar-refractivity contribution in [1.29, 1.82) is 0 Å². The molecule has 1 atom stereocenters. The molecule has 5 nitrogen and oxygen atoms in total. The lowest BCUT2D eigenvalue weighted by Gasteiger charge is -2.18. The first-order valence-corrected chi connectivity index (χ1v) is 13.3. The molecule has 0 fully saturated rings. The van der Waals surface area contributed by atoms with Crippen molar-refractivity contribution < 1.29 is 14.3 Å². The Balaban J connectivity index is 1.68. The number of nitrogens with one attached hydrogen (secondary N) is 2. The number of ether oxygens (including phenoxy) is 1. The van der Waals surface area contributed by atoms with E-state index in [9.17, 15) is 9.59 Å². The molecule has 0 aliphatic carbocycles. The van der Waals surface area contributed by atoms with E-state index in [1.165, 1.54) is 11.8 Å². The lowest BCUT2D eigenvalue weighted by Crippen LogP contribution is -2.19. The van der Waals surface area contributed by atoms with Gasteiger partial charge in [-0.3, -0.25) is 9.59 Å². The quantitative estimate of drug-likeness (QED) is 0.207. The molecule has 36 heavy (non-hydrogen) atoms. The van der Waals surface area contributed by atoms with Crippen molar-refractivity contribution in [3.8, 4) is 5.75 Å². The molecule has 3 aromatic carbocycles. The molecule has 0 aliphatic heterocycles. The first-order chi connectivity index (χ1) is 17.2. The molecule has 3 aromatic rings. The van der Waals surface area contributed by atoms with Gasteiger partial charge < -0.3 is 15.4 Å². The summed E-state index contributed by atoms with van der Waals surface area (Å²) in [5.74, 6) is 0.685. The van der Waals surface area contributed by atoms with Gasteiger partial charge in [0, 0.05) is 22.7 Å². The number of unbranched alkanes of at least 4 members (excludes halogenated alkanes) is 1. The summed E-state index contributed by atoms with van der Waals surface area (Å²) in [6.45, 7) is 8.93. The third-order valence-electron chi connectivity index (χ3n) is 5.31. The zero-order chi connectivity index (χ0) is 26.0. The highest BCUT2D eigenvalue weighted by molar-refractivity contribution is 8.00. The van der Waals surface area contributed by atoms with Gasteiger partial charge in [-0.1, -0.05) is 64.4 Å². The van der Waals surface area contributed by atoms with Crippen LogP contribution >= 0.6 is 11.8 Å². The zero-order valence-corrected chi connectivity index (χ0v) is 22.4. The van der Waals surface area contributed by atoms with E-state index in [1.807, 2.05) is 99.6 Å². The predicted octanol–water partition coefficient (Wildman–Crippen LogP) is 7.71. The molecule has 0 radical (unpaired) electrons. The Morgan fingerprint density at radius 3 is 2.08 bits per heavy atom. The summed E-state index contributed by atoms with van der Waals surface area (Å²) in [4.78, 5) is 26.5. The van der Waals surface area contributed by atoms with Crippen molar-refractivity contribution >= 4 is 35.0 Å². The summed E-state index contributed by atoms with van der Waals surface area (Å²) in [6.07, 6.45) is 2.55. The number of thioether (sulfide) groups is 1. The van der Waals surface area contributed by atoms with E-state index in [0.29, 0.717) is 13.0 Å². The number of amides is 2. The van der Waals surface area contributed by atoms with Gasteiger partial charge in [-0.15, -0.1) is 11.8 Å². The maximum Gasteiger partial charge on any atom is 0.242 e. The minimum Gasteiger partial charge on any atom is -0.494 e.